The SMILES string of the molecule is CCCCO.[CsH]. The first-order valence-corrected chi connectivity index (χ1v) is 2.02. The quantitative estimate of drug-likeness (QED) is 0.683. The van der Waals surface area contributed by atoms with Crippen LogP contribution in [-0.4, -0.2) is 80.6 Å². The standard InChI is InChI=1S/C4H10O.Cs.H/c1-2-3-4-5;;/h5H,2-4H2,1H3;;. The molecule has 1 nitrogen and oxygen atoms in total. The average molecular weight is 208 g/mol. The Morgan fingerprint density at radius 1 is 1.50 bits per heavy atom. The van der Waals surface area contributed by atoms with Crippen LogP contribution in [0, 0.1) is 0 Å². The van der Waals surface area contributed by atoms with Gasteiger partial charge < -0.3 is 5.11 Å². The summed E-state index contributed by atoms with van der Waals surface area (Å²) in [6, 6.07) is 0. The molecule has 0 spiro atoms. The van der Waals surface area contributed by atoms with Crippen LogP contribution in [0.1, 0.15) is 19.8 Å². The zero-order valence-electron chi connectivity index (χ0n) is 3.57. The Balaban J connectivity index is 0. The van der Waals surface area contributed by atoms with Crippen LogP contribution in [0.4, 0.5) is 0 Å². The molecule has 0 aliphatic heterocycles. The van der Waals surface area contributed by atoms with Crippen LogP contribution >= 0.6 is 0 Å². The molecule has 0 fully saturated rings. The van der Waals surface area contributed by atoms with E-state index in [0.29, 0.717) is 6.61 Å². The number of aliphatic hydroxyl groups excluding tert-OH is 1. The maximum atomic E-state index is 8.07. The molecule has 0 saturated carbocycles. The molecule has 0 aliphatic rings. The normalized spacial score (nSPS) is 7.00. The van der Waals surface area contributed by atoms with Gasteiger partial charge in [-0.05, 0) is 6.42 Å². The Hall–Kier alpha value is 2.01. The van der Waals surface area contributed by atoms with Gasteiger partial charge in [-0.2, -0.15) is 0 Å². The molecule has 0 aromatic carbocycles. The predicted molar refractivity (Wildman–Crippen MR) is 29.1 cm³/mol. The Kier molecular flexibility index (Phi) is 18.3. The van der Waals surface area contributed by atoms with E-state index in [4.69, 9.17) is 5.11 Å². The van der Waals surface area contributed by atoms with E-state index in [0.717, 1.165) is 12.8 Å². The van der Waals surface area contributed by atoms with Crippen molar-refractivity contribution in [2.24, 2.45) is 0 Å². The first-order valence-electron chi connectivity index (χ1n) is 2.02. The second kappa shape index (κ2) is 10.1. The Bertz CT molecular complexity index is 15.0. The minimum atomic E-state index is 0. The molecule has 0 aliphatic carbocycles. The van der Waals surface area contributed by atoms with Gasteiger partial charge in [0.05, 0.1) is 0 Å². The van der Waals surface area contributed by atoms with Crippen LogP contribution < -0.4 is 0 Å². The first kappa shape index (κ1) is 10.9. The van der Waals surface area contributed by atoms with Crippen LogP contribution in [0.5, 0.6) is 0 Å². The predicted octanol–water partition coefficient (Wildman–Crippen LogP) is 0.130. The molecule has 34 valence electrons. The number of hydrogen-bond acceptors (Lipinski definition) is 1. The summed E-state index contributed by atoms with van der Waals surface area (Å²) in [4.78, 5) is 0. The van der Waals surface area contributed by atoms with Crippen LogP contribution in [-0.2, 0) is 0 Å². The molecule has 0 unspecified atom stereocenters. The third-order valence-electron chi connectivity index (χ3n) is 0.512. The maximum absolute atomic E-state index is 8.07. The third kappa shape index (κ3) is 9.38. The van der Waals surface area contributed by atoms with Gasteiger partial charge in [0.2, 0.25) is 0 Å². The van der Waals surface area contributed by atoms with Gasteiger partial charge in [0.1, 0.15) is 0 Å². The van der Waals surface area contributed by atoms with Crippen molar-refractivity contribution in [2.75, 3.05) is 6.61 Å². The van der Waals surface area contributed by atoms with Gasteiger partial charge >= 0.3 is 68.9 Å². The van der Waals surface area contributed by atoms with Crippen molar-refractivity contribution in [3.8, 4) is 0 Å². The van der Waals surface area contributed by atoms with Gasteiger partial charge in [-0.1, -0.05) is 13.3 Å². The molecule has 2 heteroatoms. The van der Waals surface area contributed by atoms with Crippen molar-refractivity contribution in [1.29, 1.82) is 0 Å². The number of hydrogen-bond donors (Lipinski definition) is 1. The Labute approximate surface area is 97.9 Å². The molecule has 0 aromatic heterocycles. The third-order valence-corrected chi connectivity index (χ3v) is 0.512. The van der Waals surface area contributed by atoms with E-state index >= 15 is 0 Å². The van der Waals surface area contributed by atoms with E-state index in [2.05, 4.69) is 6.92 Å². The van der Waals surface area contributed by atoms with Crippen molar-refractivity contribution < 1.29 is 5.11 Å². The van der Waals surface area contributed by atoms with Crippen molar-refractivity contribution in [1.82, 2.24) is 0 Å². The molecular weight excluding hydrogens is 197 g/mol. The zero-order valence-corrected chi connectivity index (χ0v) is 3.57. The second-order valence-electron chi connectivity index (χ2n) is 1.08. The fraction of sp³-hybridized carbons (Fsp3) is 1.00. The summed E-state index contributed by atoms with van der Waals surface area (Å²) in [6.45, 7) is 2.40. The van der Waals surface area contributed by atoms with Crippen molar-refractivity contribution in [3.05, 3.63) is 0 Å². The van der Waals surface area contributed by atoms with Gasteiger partial charge in [-0.15, -0.1) is 0 Å². The fourth-order valence-corrected chi connectivity index (χ4v) is 0.158. The molecule has 0 bridgehead atoms. The number of unbranched alkanes of at least 4 members (excludes halogenated alkanes) is 1. The molecule has 0 atom stereocenters. The minimum absolute atomic E-state index is 0. The summed E-state index contributed by atoms with van der Waals surface area (Å²) in [5, 5.41) is 8.07. The molecule has 0 heterocycles. The Morgan fingerprint density at radius 2 is 2.00 bits per heavy atom. The van der Waals surface area contributed by atoms with E-state index < -0.39 is 0 Å². The van der Waals surface area contributed by atoms with Crippen molar-refractivity contribution in [3.63, 3.8) is 0 Å². The zero-order chi connectivity index (χ0) is 4.12. The van der Waals surface area contributed by atoms with E-state index in [1.54, 1.807) is 0 Å². The Morgan fingerprint density at radius 3 is 2.00 bits per heavy atom. The van der Waals surface area contributed by atoms with E-state index in [1.165, 1.54) is 0 Å². The summed E-state index contributed by atoms with van der Waals surface area (Å²) >= 11 is 0. The topological polar surface area (TPSA) is 20.2 Å². The molecule has 1 N–H and O–H groups in total. The van der Waals surface area contributed by atoms with Crippen LogP contribution in [0.2, 0.25) is 0 Å². The van der Waals surface area contributed by atoms with Crippen LogP contribution in [0.25, 0.3) is 0 Å². The summed E-state index contributed by atoms with van der Waals surface area (Å²) in [5.41, 5.74) is 0. The molecule has 0 saturated heterocycles. The summed E-state index contributed by atoms with van der Waals surface area (Å²) in [5.74, 6) is 0. The summed E-state index contributed by atoms with van der Waals surface area (Å²) in [6.07, 6.45) is 2.04. The molecule has 0 radical (unpaired) electrons. The average Bonchev–Trinajstić information content (AvgIpc) is 1.41. The van der Waals surface area contributed by atoms with Gasteiger partial charge in [-0.3, -0.25) is 0 Å². The van der Waals surface area contributed by atoms with E-state index in [9.17, 15) is 0 Å². The first-order chi connectivity index (χ1) is 2.41. The van der Waals surface area contributed by atoms with Gasteiger partial charge in [0, 0.05) is 6.61 Å². The fourth-order valence-electron chi connectivity index (χ4n) is 0.158. The van der Waals surface area contributed by atoms with Crippen molar-refractivity contribution in [2.45, 2.75) is 19.8 Å². The molecule has 0 aromatic rings. The molecule has 0 amide bonds. The summed E-state index contributed by atoms with van der Waals surface area (Å²) in [7, 11) is 0. The van der Waals surface area contributed by atoms with Crippen LogP contribution in [0.15, 0.2) is 0 Å². The van der Waals surface area contributed by atoms with E-state index in [-0.39, 0.29) is 68.9 Å². The number of aliphatic hydroxyl groups is 1. The molecular formula is C4H11CsO. The van der Waals surface area contributed by atoms with Gasteiger partial charge in [-0.25, -0.2) is 0 Å². The van der Waals surface area contributed by atoms with Crippen LogP contribution in [0.3, 0.4) is 0 Å². The van der Waals surface area contributed by atoms with E-state index in [1.807, 2.05) is 0 Å². The monoisotopic (exact) mass is 208 g/mol. The van der Waals surface area contributed by atoms with Gasteiger partial charge in [0.15, 0.2) is 0 Å². The number of rotatable bonds is 2. The molecule has 6 heavy (non-hydrogen) atoms. The van der Waals surface area contributed by atoms with Crippen molar-refractivity contribution >= 4 is 68.9 Å². The van der Waals surface area contributed by atoms with Gasteiger partial charge in [0.25, 0.3) is 0 Å². The summed E-state index contributed by atoms with van der Waals surface area (Å²) < 4.78 is 0. The molecule has 0 rings (SSSR count). The second-order valence-corrected chi connectivity index (χ2v) is 1.08.